The summed E-state index contributed by atoms with van der Waals surface area (Å²) >= 11 is 0. The molecule has 0 atom stereocenters. The molecule has 5 nitrogen and oxygen atoms in total. The fourth-order valence-corrected chi connectivity index (χ4v) is 1.75. The number of hydrogen-bond donors (Lipinski definition) is 1. The highest BCUT2D eigenvalue weighted by Gasteiger charge is 2.07. The van der Waals surface area contributed by atoms with Gasteiger partial charge in [-0.15, -0.1) is 0 Å². The van der Waals surface area contributed by atoms with Crippen molar-refractivity contribution in [2.45, 2.75) is 27.2 Å². The minimum Gasteiger partial charge on any atom is -0.493 e. The van der Waals surface area contributed by atoms with Crippen molar-refractivity contribution < 1.29 is 19.1 Å². The number of nitrogens with one attached hydrogen (secondary N) is 1. The second-order valence-corrected chi connectivity index (χ2v) is 5.38. The smallest absolute Gasteiger partial charge is 0.319 e. The lowest BCUT2D eigenvalue weighted by atomic mass is 10.1. The number of esters is 1. The van der Waals surface area contributed by atoms with E-state index >= 15 is 0 Å². The van der Waals surface area contributed by atoms with Gasteiger partial charge in [-0.05, 0) is 37.1 Å². The zero-order chi connectivity index (χ0) is 16.4. The van der Waals surface area contributed by atoms with Crippen LogP contribution in [0.4, 0.5) is 0 Å². The predicted molar refractivity (Wildman–Crippen MR) is 85.2 cm³/mol. The Bertz CT molecular complexity index is 468. The molecule has 1 aromatic carbocycles. The van der Waals surface area contributed by atoms with Crippen molar-refractivity contribution in [1.29, 1.82) is 0 Å². The first kappa shape index (κ1) is 18.2. The third-order valence-electron chi connectivity index (χ3n) is 2.86. The van der Waals surface area contributed by atoms with Crippen LogP contribution in [0.1, 0.15) is 37.6 Å². The van der Waals surface area contributed by atoms with E-state index in [9.17, 15) is 9.59 Å². The molecule has 0 aliphatic rings. The summed E-state index contributed by atoms with van der Waals surface area (Å²) in [5.74, 6) is 0.964. The molecule has 0 bridgehead atoms. The molecular formula is C17H25NO4. The van der Waals surface area contributed by atoms with Gasteiger partial charge >= 0.3 is 5.97 Å². The molecule has 1 N–H and O–H groups in total. The van der Waals surface area contributed by atoms with Crippen LogP contribution in [0.2, 0.25) is 0 Å². The molecule has 0 fully saturated rings. The maximum Gasteiger partial charge on any atom is 0.319 e. The number of ketones is 1. The molecule has 0 aromatic heterocycles. The Labute approximate surface area is 132 Å². The summed E-state index contributed by atoms with van der Waals surface area (Å²) in [5, 5.41) is 2.89. The second-order valence-electron chi connectivity index (χ2n) is 5.38. The van der Waals surface area contributed by atoms with E-state index in [1.54, 1.807) is 19.1 Å². The Balaban J connectivity index is 2.32. The maximum atomic E-state index is 12.0. The molecule has 0 saturated carbocycles. The lowest BCUT2D eigenvalue weighted by Gasteiger charge is -2.09. The standard InChI is InChI=1S/C17H25NO4/c1-4-21-17(20)11-18-10-9-16(19)14-5-7-15(8-6-14)22-12-13(2)3/h5-8,13,18H,4,9-12H2,1-3H3. The summed E-state index contributed by atoms with van der Waals surface area (Å²) < 4.78 is 10.4. The largest absolute Gasteiger partial charge is 0.493 e. The SMILES string of the molecule is CCOC(=O)CNCCC(=O)c1ccc(OCC(C)C)cc1. The van der Waals surface area contributed by atoms with Gasteiger partial charge in [-0.1, -0.05) is 13.8 Å². The van der Waals surface area contributed by atoms with Crippen molar-refractivity contribution in [2.75, 3.05) is 26.3 Å². The Hall–Kier alpha value is -1.88. The lowest BCUT2D eigenvalue weighted by Crippen LogP contribution is -2.26. The first-order valence-electron chi connectivity index (χ1n) is 7.65. The van der Waals surface area contributed by atoms with Crippen LogP contribution >= 0.6 is 0 Å². The van der Waals surface area contributed by atoms with Gasteiger partial charge < -0.3 is 14.8 Å². The van der Waals surface area contributed by atoms with Crippen molar-refractivity contribution in [3.63, 3.8) is 0 Å². The average Bonchev–Trinajstić information content (AvgIpc) is 2.50. The molecule has 1 aromatic rings. The molecule has 0 saturated heterocycles. The van der Waals surface area contributed by atoms with Crippen molar-refractivity contribution in [2.24, 2.45) is 5.92 Å². The van der Waals surface area contributed by atoms with Gasteiger partial charge in [-0.2, -0.15) is 0 Å². The summed E-state index contributed by atoms with van der Waals surface area (Å²) in [6.07, 6.45) is 0.339. The summed E-state index contributed by atoms with van der Waals surface area (Å²) in [5.41, 5.74) is 0.648. The lowest BCUT2D eigenvalue weighted by molar-refractivity contribution is -0.141. The minimum atomic E-state index is -0.304. The van der Waals surface area contributed by atoms with E-state index < -0.39 is 0 Å². The van der Waals surface area contributed by atoms with Crippen molar-refractivity contribution in [3.05, 3.63) is 29.8 Å². The molecule has 1 rings (SSSR count). The molecule has 0 spiro atoms. The molecule has 0 aliphatic carbocycles. The Kier molecular flexibility index (Phi) is 8.22. The van der Waals surface area contributed by atoms with E-state index in [2.05, 4.69) is 19.2 Å². The number of carbonyl (C=O) groups excluding carboxylic acids is 2. The van der Waals surface area contributed by atoms with Gasteiger partial charge in [0.05, 0.1) is 19.8 Å². The maximum absolute atomic E-state index is 12.0. The molecule has 22 heavy (non-hydrogen) atoms. The zero-order valence-electron chi connectivity index (χ0n) is 13.6. The number of benzene rings is 1. The van der Waals surface area contributed by atoms with Gasteiger partial charge in [-0.25, -0.2) is 0 Å². The minimum absolute atomic E-state index is 0.0340. The number of Topliss-reactive ketones (excluding diaryl/α,β-unsaturated/α-hetero) is 1. The van der Waals surface area contributed by atoms with Gasteiger partial charge in [0.2, 0.25) is 0 Å². The summed E-state index contributed by atoms with van der Waals surface area (Å²) in [6.45, 7) is 7.53. The first-order valence-corrected chi connectivity index (χ1v) is 7.65. The fourth-order valence-electron chi connectivity index (χ4n) is 1.75. The highest BCUT2D eigenvalue weighted by Crippen LogP contribution is 2.14. The molecular weight excluding hydrogens is 282 g/mol. The molecule has 0 radical (unpaired) electrons. The Morgan fingerprint density at radius 1 is 1.18 bits per heavy atom. The van der Waals surface area contributed by atoms with Gasteiger partial charge in [0.1, 0.15) is 5.75 Å². The normalized spacial score (nSPS) is 10.5. The topological polar surface area (TPSA) is 64.6 Å². The summed E-state index contributed by atoms with van der Waals surface area (Å²) in [6, 6.07) is 7.15. The van der Waals surface area contributed by atoms with Gasteiger partial charge in [-0.3, -0.25) is 9.59 Å². The van der Waals surface area contributed by atoms with Crippen LogP contribution in [0.3, 0.4) is 0 Å². The highest BCUT2D eigenvalue weighted by atomic mass is 16.5. The van der Waals surface area contributed by atoms with Crippen LogP contribution in [0.5, 0.6) is 5.75 Å². The number of rotatable bonds is 10. The van der Waals surface area contributed by atoms with E-state index in [4.69, 9.17) is 9.47 Å². The molecule has 0 heterocycles. The monoisotopic (exact) mass is 307 g/mol. The summed E-state index contributed by atoms with van der Waals surface area (Å²) in [7, 11) is 0. The first-order chi connectivity index (χ1) is 10.5. The summed E-state index contributed by atoms with van der Waals surface area (Å²) in [4.78, 5) is 23.1. The molecule has 0 aliphatic heterocycles. The molecule has 5 heteroatoms. The molecule has 0 amide bonds. The van der Waals surface area contributed by atoms with E-state index in [0.717, 1.165) is 5.75 Å². The Morgan fingerprint density at radius 3 is 2.45 bits per heavy atom. The van der Waals surface area contributed by atoms with E-state index in [1.807, 2.05) is 12.1 Å². The van der Waals surface area contributed by atoms with Gasteiger partial charge in [0, 0.05) is 18.5 Å². The highest BCUT2D eigenvalue weighted by molar-refractivity contribution is 5.96. The quantitative estimate of drug-likeness (QED) is 0.408. The Morgan fingerprint density at radius 2 is 1.86 bits per heavy atom. The third kappa shape index (κ3) is 7.22. The predicted octanol–water partition coefficient (Wildman–Crippen LogP) is 2.45. The van der Waals surface area contributed by atoms with Crippen LogP contribution < -0.4 is 10.1 Å². The number of carbonyl (C=O) groups is 2. The third-order valence-corrected chi connectivity index (χ3v) is 2.86. The van der Waals surface area contributed by atoms with Crippen molar-refractivity contribution >= 4 is 11.8 Å². The van der Waals surface area contributed by atoms with E-state index in [-0.39, 0.29) is 18.3 Å². The van der Waals surface area contributed by atoms with E-state index in [0.29, 0.717) is 37.7 Å². The van der Waals surface area contributed by atoms with Crippen LogP contribution in [-0.2, 0) is 9.53 Å². The zero-order valence-corrected chi connectivity index (χ0v) is 13.6. The van der Waals surface area contributed by atoms with Gasteiger partial charge in [0.15, 0.2) is 5.78 Å². The second kappa shape index (κ2) is 9.95. The van der Waals surface area contributed by atoms with Crippen LogP contribution in [0.15, 0.2) is 24.3 Å². The fraction of sp³-hybridized carbons (Fsp3) is 0.529. The number of ether oxygens (including phenoxy) is 2. The van der Waals surface area contributed by atoms with Crippen LogP contribution in [0.25, 0.3) is 0 Å². The van der Waals surface area contributed by atoms with Crippen molar-refractivity contribution in [1.82, 2.24) is 5.32 Å². The van der Waals surface area contributed by atoms with Crippen LogP contribution in [-0.4, -0.2) is 38.1 Å². The van der Waals surface area contributed by atoms with Crippen LogP contribution in [0, 0.1) is 5.92 Å². The molecule has 122 valence electrons. The molecule has 0 unspecified atom stereocenters. The van der Waals surface area contributed by atoms with E-state index in [1.165, 1.54) is 0 Å². The van der Waals surface area contributed by atoms with Gasteiger partial charge in [0.25, 0.3) is 0 Å². The number of hydrogen-bond acceptors (Lipinski definition) is 5. The van der Waals surface area contributed by atoms with Crippen molar-refractivity contribution in [3.8, 4) is 5.75 Å². The average molecular weight is 307 g/mol.